The van der Waals surface area contributed by atoms with Gasteiger partial charge in [-0.1, -0.05) is 13.8 Å². The first-order chi connectivity index (χ1) is 11.5. The van der Waals surface area contributed by atoms with Gasteiger partial charge in [0.2, 0.25) is 5.95 Å². The number of hydrogen-bond acceptors (Lipinski definition) is 5. The number of ketones is 1. The van der Waals surface area contributed by atoms with E-state index in [9.17, 15) is 4.79 Å². The fourth-order valence-electron chi connectivity index (χ4n) is 2.55. The molecular weight excluding hydrogens is 300 g/mol. The summed E-state index contributed by atoms with van der Waals surface area (Å²) in [6.07, 6.45) is 2.12. The van der Waals surface area contributed by atoms with Gasteiger partial charge in [0.25, 0.3) is 0 Å². The van der Waals surface area contributed by atoms with Crippen LogP contribution in [-0.4, -0.2) is 28.8 Å². The third-order valence-electron chi connectivity index (χ3n) is 3.68. The second-order valence-corrected chi connectivity index (χ2v) is 5.94. The minimum atomic E-state index is 0.0662. The van der Waals surface area contributed by atoms with Gasteiger partial charge in [-0.25, -0.2) is 4.98 Å². The van der Waals surface area contributed by atoms with Crippen LogP contribution in [0.25, 0.3) is 0 Å². The molecule has 128 valence electrons. The molecule has 2 aromatic rings. The maximum atomic E-state index is 11.4. The van der Waals surface area contributed by atoms with Crippen molar-refractivity contribution in [2.45, 2.75) is 40.5 Å². The van der Waals surface area contributed by atoms with E-state index < -0.39 is 0 Å². The maximum absolute atomic E-state index is 11.4. The van der Waals surface area contributed by atoms with Crippen LogP contribution in [0.3, 0.4) is 0 Å². The van der Waals surface area contributed by atoms with Crippen LogP contribution in [0.15, 0.2) is 30.3 Å². The van der Waals surface area contributed by atoms with E-state index in [1.807, 2.05) is 37.3 Å². The predicted octanol–water partition coefficient (Wildman–Crippen LogP) is 4.36. The lowest BCUT2D eigenvalue weighted by atomic mass is 10.1. The second-order valence-electron chi connectivity index (χ2n) is 5.94. The van der Waals surface area contributed by atoms with Crippen molar-refractivity contribution in [3.05, 3.63) is 41.6 Å². The molecule has 0 saturated heterocycles. The molecule has 2 rings (SSSR count). The molecule has 0 aliphatic carbocycles. The standard InChI is InChI=1S/C19H26N4O/c1-5-11-23(12-6-2)19-20-14(3)13-18(22-19)21-17-9-7-16(8-10-17)15(4)24/h7-10,13H,5-6,11-12H2,1-4H3,(H,20,21,22). The highest BCUT2D eigenvalue weighted by Crippen LogP contribution is 2.19. The fourth-order valence-corrected chi connectivity index (χ4v) is 2.55. The molecule has 1 N–H and O–H groups in total. The lowest BCUT2D eigenvalue weighted by molar-refractivity contribution is 0.101. The summed E-state index contributed by atoms with van der Waals surface area (Å²) in [4.78, 5) is 22.8. The van der Waals surface area contributed by atoms with Crippen molar-refractivity contribution in [2.24, 2.45) is 0 Å². The number of anilines is 3. The van der Waals surface area contributed by atoms with Crippen molar-refractivity contribution in [1.82, 2.24) is 9.97 Å². The van der Waals surface area contributed by atoms with E-state index in [0.29, 0.717) is 5.56 Å². The number of benzene rings is 1. The van der Waals surface area contributed by atoms with E-state index in [0.717, 1.165) is 49.1 Å². The Morgan fingerprint density at radius 2 is 1.71 bits per heavy atom. The molecular formula is C19H26N4O. The van der Waals surface area contributed by atoms with E-state index in [-0.39, 0.29) is 5.78 Å². The normalized spacial score (nSPS) is 10.5. The quantitative estimate of drug-likeness (QED) is 0.731. The van der Waals surface area contributed by atoms with Gasteiger partial charge in [-0.3, -0.25) is 4.79 Å². The summed E-state index contributed by atoms with van der Waals surface area (Å²) >= 11 is 0. The molecule has 1 aromatic carbocycles. The third-order valence-corrected chi connectivity index (χ3v) is 3.68. The van der Waals surface area contributed by atoms with Crippen molar-refractivity contribution in [3.63, 3.8) is 0 Å². The summed E-state index contributed by atoms with van der Waals surface area (Å²) in [6, 6.07) is 9.35. The molecule has 0 spiro atoms. The van der Waals surface area contributed by atoms with Crippen LogP contribution >= 0.6 is 0 Å². The molecule has 0 fully saturated rings. The number of aryl methyl sites for hydroxylation is 1. The topological polar surface area (TPSA) is 58.1 Å². The number of Topliss-reactive ketones (excluding diaryl/α,β-unsaturated/α-hetero) is 1. The molecule has 0 aliphatic heterocycles. The molecule has 1 heterocycles. The van der Waals surface area contributed by atoms with Crippen molar-refractivity contribution < 1.29 is 4.79 Å². The Kier molecular flexibility index (Phi) is 6.29. The first-order valence-electron chi connectivity index (χ1n) is 8.52. The largest absolute Gasteiger partial charge is 0.341 e. The van der Waals surface area contributed by atoms with Crippen molar-refractivity contribution in [2.75, 3.05) is 23.3 Å². The van der Waals surface area contributed by atoms with E-state index in [1.54, 1.807) is 6.92 Å². The van der Waals surface area contributed by atoms with Crippen molar-refractivity contribution in [1.29, 1.82) is 0 Å². The number of carbonyl (C=O) groups excluding carboxylic acids is 1. The molecule has 0 atom stereocenters. The van der Waals surface area contributed by atoms with Crippen LogP contribution in [0.5, 0.6) is 0 Å². The van der Waals surface area contributed by atoms with Crippen LogP contribution in [0.1, 0.15) is 49.7 Å². The number of nitrogens with one attached hydrogen (secondary N) is 1. The predicted molar refractivity (Wildman–Crippen MR) is 99.3 cm³/mol. The van der Waals surface area contributed by atoms with Crippen LogP contribution in [-0.2, 0) is 0 Å². The molecule has 0 bridgehead atoms. The van der Waals surface area contributed by atoms with Gasteiger partial charge >= 0.3 is 0 Å². The highest BCUT2D eigenvalue weighted by molar-refractivity contribution is 5.94. The van der Waals surface area contributed by atoms with Gasteiger partial charge in [-0.05, 0) is 51.0 Å². The minimum Gasteiger partial charge on any atom is -0.341 e. The zero-order chi connectivity index (χ0) is 17.5. The van der Waals surface area contributed by atoms with E-state index in [2.05, 4.69) is 34.0 Å². The lowest BCUT2D eigenvalue weighted by Crippen LogP contribution is -2.27. The lowest BCUT2D eigenvalue weighted by Gasteiger charge is -2.22. The molecule has 5 nitrogen and oxygen atoms in total. The molecule has 0 unspecified atom stereocenters. The summed E-state index contributed by atoms with van der Waals surface area (Å²) in [6.45, 7) is 9.76. The molecule has 24 heavy (non-hydrogen) atoms. The van der Waals surface area contributed by atoms with Crippen LogP contribution < -0.4 is 10.2 Å². The number of aromatic nitrogens is 2. The monoisotopic (exact) mass is 326 g/mol. The van der Waals surface area contributed by atoms with Crippen LogP contribution in [0.4, 0.5) is 17.5 Å². The molecule has 5 heteroatoms. The summed E-state index contributed by atoms with van der Waals surface area (Å²) in [7, 11) is 0. The highest BCUT2D eigenvalue weighted by atomic mass is 16.1. The number of carbonyl (C=O) groups is 1. The van der Waals surface area contributed by atoms with Gasteiger partial charge in [0.05, 0.1) is 0 Å². The first kappa shape index (κ1) is 17.9. The number of rotatable bonds is 8. The van der Waals surface area contributed by atoms with E-state index in [4.69, 9.17) is 0 Å². The second kappa shape index (κ2) is 8.43. The Labute approximate surface area is 144 Å². The Hall–Kier alpha value is -2.43. The molecule has 1 aromatic heterocycles. The van der Waals surface area contributed by atoms with Crippen LogP contribution in [0.2, 0.25) is 0 Å². The van der Waals surface area contributed by atoms with Crippen LogP contribution in [0, 0.1) is 6.92 Å². The van der Waals surface area contributed by atoms with E-state index >= 15 is 0 Å². The zero-order valence-corrected chi connectivity index (χ0v) is 15.0. The Morgan fingerprint density at radius 1 is 1.08 bits per heavy atom. The summed E-state index contributed by atoms with van der Waals surface area (Å²) in [5.41, 5.74) is 2.54. The summed E-state index contributed by atoms with van der Waals surface area (Å²) < 4.78 is 0. The average Bonchev–Trinajstić information content (AvgIpc) is 2.54. The van der Waals surface area contributed by atoms with E-state index in [1.165, 1.54) is 0 Å². The van der Waals surface area contributed by atoms with Crippen molar-refractivity contribution >= 4 is 23.2 Å². The smallest absolute Gasteiger partial charge is 0.227 e. The summed E-state index contributed by atoms with van der Waals surface area (Å²) in [5.74, 6) is 1.60. The zero-order valence-electron chi connectivity index (χ0n) is 15.0. The van der Waals surface area contributed by atoms with Gasteiger partial charge in [0.1, 0.15) is 5.82 Å². The minimum absolute atomic E-state index is 0.0662. The molecule has 0 saturated carbocycles. The third kappa shape index (κ3) is 4.78. The average molecular weight is 326 g/mol. The Bertz CT molecular complexity index is 676. The highest BCUT2D eigenvalue weighted by Gasteiger charge is 2.10. The molecule has 0 aliphatic rings. The Balaban J connectivity index is 2.22. The first-order valence-corrected chi connectivity index (χ1v) is 8.52. The van der Waals surface area contributed by atoms with Gasteiger partial charge in [0.15, 0.2) is 5.78 Å². The SMILES string of the molecule is CCCN(CCC)c1nc(C)cc(Nc2ccc(C(C)=O)cc2)n1. The molecule has 0 radical (unpaired) electrons. The molecule has 0 amide bonds. The van der Waals surface area contributed by atoms with Gasteiger partial charge in [-0.2, -0.15) is 4.98 Å². The van der Waals surface area contributed by atoms with Gasteiger partial charge in [-0.15, -0.1) is 0 Å². The number of hydrogen-bond donors (Lipinski definition) is 1. The Morgan fingerprint density at radius 3 is 2.25 bits per heavy atom. The van der Waals surface area contributed by atoms with Crippen molar-refractivity contribution in [3.8, 4) is 0 Å². The van der Waals surface area contributed by atoms with Gasteiger partial charge in [0, 0.05) is 36.1 Å². The summed E-state index contributed by atoms with van der Waals surface area (Å²) in [5, 5.41) is 3.30. The maximum Gasteiger partial charge on any atom is 0.227 e. The number of nitrogens with zero attached hydrogens (tertiary/aromatic N) is 3. The van der Waals surface area contributed by atoms with Gasteiger partial charge < -0.3 is 10.2 Å². The fraction of sp³-hybridized carbons (Fsp3) is 0.421.